The Morgan fingerprint density at radius 2 is 1.70 bits per heavy atom. The first-order valence-corrected chi connectivity index (χ1v) is 8.53. The van der Waals surface area contributed by atoms with Gasteiger partial charge in [-0.25, -0.2) is 9.59 Å². The summed E-state index contributed by atoms with van der Waals surface area (Å²) in [6.07, 6.45) is 0.0771. The fourth-order valence-electron chi connectivity index (χ4n) is 2.06. The van der Waals surface area contributed by atoms with Gasteiger partial charge in [0.05, 0.1) is 6.61 Å². The Kier molecular flexibility index (Phi) is 7.90. The molecule has 1 aromatic rings. The smallest absolute Gasteiger partial charge is 0.408 e. The van der Waals surface area contributed by atoms with E-state index in [1.807, 2.05) is 0 Å². The maximum atomic E-state index is 12.7. The van der Waals surface area contributed by atoms with E-state index >= 15 is 0 Å². The molecule has 0 unspecified atom stereocenters. The van der Waals surface area contributed by atoms with Crippen molar-refractivity contribution in [1.29, 1.82) is 0 Å². The van der Waals surface area contributed by atoms with Crippen molar-refractivity contribution in [3.8, 4) is 0 Å². The lowest BCUT2D eigenvalue weighted by atomic mass is 9.99. The second kappa shape index (κ2) is 9.66. The van der Waals surface area contributed by atoms with Crippen LogP contribution in [0.4, 0.5) is 4.79 Å². The highest BCUT2D eigenvalue weighted by Crippen LogP contribution is 2.10. The Balaban J connectivity index is 3.11. The van der Waals surface area contributed by atoms with Crippen LogP contribution in [0.5, 0.6) is 0 Å². The molecule has 0 aromatic heterocycles. The van der Waals surface area contributed by atoms with E-state index in [2.05, 4.69) is 5.32 Å². The number of hydrogen-bond acceptors (Lipinski definition) is 6. The number of benzene rings is 1. The topological polar surface area (TPSA) is 98.8 Å². The minimum atomic E-state index is -1.52. The molecule has 1 rings (SSSR count). The third kappa shape index (κ3) is 7.43. The molecule has 0 heterocycles. The summed E-state index contributed by atoms with van der Waals surface area (Å²) < 4.78 is 9.95. The van der Waals surface area contributed by atoms with Crippen LogP contribution in [0.2, 0.25) is 0 Å². The number of Topliss-reactive ketones (excluding diaryl/α,β-unsaturated/α-hetero) is 1. The second-order valence-corrected chi connectivity index (χ2v) is 6.76. The van der Waals surface area contributed by atoms with E-state index in [9.17, 15) is 19.2 Å². The van der Waals surface area contributed by atoms with Crippen molar-refractivity contribution >= 4 is 23.6 Å². The molecule has 0 saturated carbocycles. The molecule has 27 heavy (non-hydrogen) atoms. The highest BCUT2D eigenvalue weighted by molar-refractivity contribution is 6.19. The largest absolute Gasteiger partial charge is 0.463 e. The summed E-state index contributed by atoms with van der Waals surface area (Å²) in [4.78, 5) is 49.1. The molecule has 0 radical (unpaired) electrons. The maximum absolute atomic E-state index is 12.7. The van der Waals surface area contributed by atoms with E-state index in [1.54, 1.807) is 45.9 Å². The van der Waals surface area contributed by atoms with Crippen LogP contribution in [-0.4, -0.2) is 41.9 Å². The normalized spacial score (nSPS) is 12.7. The molecular formula is C20H25NO6. The number of ether oxygens (including phenoxy) is 2. The molecule has 7 heteroatoms. The molecule has 1 atom stereocenters. The van der Waals surface area contributed by atoms with Gasteiger partial charge in [0, 0.05) is 11.1 Å². The standard InChI is InChI=1S/C20H25NO6/c1-6-26-18(24)13(2)12-15(22)16(21-19(25)27-20(3,4)5)17(23)14-10-8-7-9-11-14/h7-12,16H,6H2,1-5H3,(H,21,25)/t16-/m0/s1. The van der Waals surface area contributed by atoms with Crippen LogP contribution in [0.1, 0.15) is 45.0 Å². The fourth-order valence-corrected chi connectivity index (χ4v) is 2.06. The van der Waals surface area contributed by atoms with E-state index < -0.39 is 35.3 Å². The Labute approximate surface area is 158 Å². The number of hydrogen-bond donors (Lipinski definition) is 1. The lowest BCUT2D eigenvalue weighted by Crippen LogP contribution is -2.47. The SMILES string of the molecule is CCOC(=O)C(C)=CC(=O)[C@H](NC(=O)OC(C)(C)C)C(=O)c1ccccc1. The average molecular weight is 375 g/mol. The zero-order chi connectivity index (χ0) is 20.6. The number of nitrogens with one attached hydrogen (secondary N) is 1. The minimum absolute atomic E-state index is 0.0266. The lowest BCUT2D eigenvalue weighted by molar-refractivity contribution is -0.138. The summed E-state index contributed by atoms with van der Waals surface area (Å²) in [7, 11) is 0. The lowest BCUT2D eigenvalue weighted by Gasteiger charge is -2.22. The van der Waals surface area contributed by atoms with Gasteiger partial charge in [0.25, 0.3) is 0 Å². The van der Waals surface area contributed by atoms with Crippen LogP contribution in [0.25, 0.3) is 0 Å². The minimum Gasteiger partial charge on any atom is -0.463 e. The van der Waals surface area contributed by atoms with Crippen LogP contribution in [-0.2, 0) is 19.1 Å². The third-order valence-corrected chi connectivity index (χ3v) is 3.22. The van der Waals surface area contributed by atoms with Gasteiger partial charge >= 0.3 is 12.1 Å². The molecule has 1 N–H and O–H groups in total. The van der Waals surface area contributed by atoms with Gasteiger partial charge in [-0.2, -0.15) is 0 Å². The molecule has 1 amide bonds. The molecular weight excluding hydrogens is 350 g/mol. The molecule has 0 fully saturated rings. The summed E-state index contributed by atoms with van der Waals surface area (Å²) in [5.74, 6) is -2.03. The quantitative estimate of drug-likeness (QED) is 0.340. The molecule has 0 bridgehead atoms. The first kappa shape index (κ1) is 22.1. The maximum Gasteiger partial charge on any atom is 0.408 e. The summed E-state index contributed by atoms with van der Waals surface area (Å²) in [6, 6.07) is 6.54. The van der Waals surface area contributed by atoms with Crippen molar-refractivity contribution in [1.82, 2.24) is 5.32 Å². The van der Waals surface area contributed by atoms with Gasteiger partial charge in [-0.15, -0.1) is 0 Å². The predicted octanol–water partition coefficient (Wildman–Crippen LogP) is 2.84. The first-order valence-electron chi connectivity index (χ1n) is 8.53. The van der Waals surface area contributed by atoms with Crippen LogP contribution < -0.4 is 5.32 Å². The molecule has 1 aromatic carbocycles. The molecule has 0 aliphatic carbocycles. The van der Waals surface area contributed by atoms with E-state index in [1.165, 1.54) is 19.1 Å². The molecule has 0 aliphatic heterocycles. The summed E-state index contributed by atoms with van der Waals surface area (Å²) >= 11 is 0. The van der Waals surface area contributed by atoms with E-state index in [4.69, 9.17) is 9.47 Å². The van der Waals surface area contributed by atoms with Gasteiger partial charge in [-0.3, -0.25) is 9.59 Å². The first-order chi connectivity index (χ1) is 12.5. The summed E-state index contributed by atoms with van der Waals surface area (Å²) in [5.41, 5.74) is -0.530. The highest BCUT2D eigenvalue weighted by atomic mass is 16.6. The average Bonchev–Trinajstić information content (AvgIpc) is 2.58. The Bertz CT molecular complexity index is 731. The molecule has 146 valence electrons. The number of carbonyl (C=O) groups excluding carboxylic acids is 4. The van der Waals surface area contributed by atoms with E-state index in [-0.39, 0.29) is 17.7 Å². The van der Waals surface area contributed by atoms with Gasteiger partial charge in [0.15, 0.2) is 17.6 Å². The number of amides is 1. The van der Waals surface area contributed by atoms with Crippen LogP contribution >= 0.6 is 0 Å². The highest BCUT2D eigenvalue weighted by Gasteiger charge is 2.30. The van der Waals surface area contributed by atoms with Gasteiger partial charge in [0.1, 0.15) is 5.60 Å². The van der Waals surface area contributed by atoms with Crippen LogP contribution in [0.15, 0.2) is 42.0 Å². The Hall–Kier alpha value is -2.96. The van der Waals surface area contributed by atoms with Crippen molar-refractivity contribution in [2.24, 2.45) is 0 Å². The van der Waals surface area contributed by atoms with Gasteiger partial charge in [-0.1, -0.05) is 30.3 Å². The Morgan fingerprint density at radius 1 is 1.11 bits per heavy atom. The number of alkyl carbamates (subject to hydrolysis) is 1. The third-order valence-electron chi connectivity index (χ3n) is 3.22. The van der Waals surface area contributed by atoms with Crippen molar-refractivity contribution in [3.63, 3.8) is 0 Å². The zero-order valence-corrected chi connectivity index (χ0v) is 16.2. The number of esters is 1. The zero-order valence-electron chi connectivity index (χ0n) is 16.2. The van der Waals surface area contributed by atoms with Crippen LogP contribution in [0.3, 0.4) is 0 Å². The van der Waals surface area contributed by atoms with Crippen molar-refractivity contribution in [3.05, 3.63) is 47.5 Å². The Morgan fingerprint density at radius 3 is 2.22 bits per heavy atom. The number of rotatable bonds is 7. The molecule has 0 spiro atoms. The van der Waals surface area contributed by atoms with Gasteiger partial charge in [-0.05, 0) is 40.7 Å². The van der Waals surface area contributed by atoms with Crippen molar-refractivity contribution in [2.75, 3.05) is 6.61 Å². The van der Waals surface area contributed by atoms with E-state index in [0.29, 0.717) is 0 Å². The van der Waals surface area contributed by atoms with Gasteiger partial charge < -0.3 is 14.8 Å². The number of carbonyl (C=O) groups is 4. The molecule has 0 aliphatic rings. The fraction of sp³-hybridized carbons (Fsp3) is 0.400. The monoisotopic (exact) mass is 375 g/mol. The summed E-state index contributed by atoms with van der Waals surface area (Å²) in [6.45, 7) is 8.17. The van der Waals surface area contributed by atoms with Crippen molar-refractivity contribution in [2.45, 2.75) is 46.3 Å². The second-order valence-electron chi connectivity index (χ2n) is 6.76. The van der Waals surface area contributed by atoms with Crippen molar-refractivity contribution < 1.29 is 28.7 Å². The molecule has 7 nitrogen and oxygen atoms in total. The van der Waals surface area contributed by atoms with E-state index in [0.717, 1.165) is 6.08 Å². The van der Waals surface area contributed by atoms with Gasteiger partial charge in [0.2, 0.25) is 0 Å². The molecule has 0 saturated heterocycles. The van der Waals surface area contributed by atoms with Crippen LogP contribution in [0, 0.1) is 0 Å². The number of ketones is 2. The summed E-state index contributed by atoms with van der Waals surface area (Å²) in [5, 5.41) is 2.29. The predicted molar refractivity (Wildman–Crippen MR) is 99.3 cm³/mol.